The lowest BCUT2D eigenvalue weighted by Gasteiger charge is -2.14. The number of ether oxygens (including phenoxy) is 1. The lowest BCUT2D eigenvalue weighted by molar-refractivity contribution is 0.412. The highest BCUT2D eigenvalue weighted by Gasteiger charge is 2.20. The van der Waals surface area contributed by atoms with Crippen molar-refractivity contribution in [2.45, 2.75) is 4.83 Å². The van der Waals surface area contributed by atoms with Crippen LogP contribution in [0.1, 0.15) is 16.0 Å². The Balaban J connectivity index is 2.44. The Labute approximate surface area is 126 Å². The van der Waals surface area contributed by atoms with Crippen molar-refractivity contribution in [2.24, 2.45) is 0 Å². The van der Waals surface area contributed by atoms with E-state index in [4.69, 9.17) is 4.74 Å². The van der Waals surface area contributed by atoms with E-state index in [1.165, 1.54) is 18.2 Å². The zero-order valence-corrected chi connectivity index (χ0v) is 13.1. The quantitative estimate of drug-likeness (QED) is 0.651. The molecule has 0 aliphatic heterocycles. The molecule has 19 heavy (non-hydrogen) atoms. The molecule has 0 spiro atoms. The van der Waals surface area contributed by atoms with Crippen LogP contribution in [0.25, 0.3) is 0 Å². The average molecular weight is 392 g/mol. The van der Waals surface area contributed by atoms with E-state index in [-0.39, 0.29) is 5.56 Å². The van der Waals surface area contributed by atoms with Gasteiger partial charge in [0.25, 0.3) is 0 Å². The summed E-state index contributed by atoms with van der Waals surface area (Å²) in [5.41, 5.74) is 0.733. The predicted octanol–water partition coefficient (Wildman–Crippen LogP) is 5.22. The van der Waals surface area contributed by atoms with E-state index >= 15 is 0 Å². The highest BCUT2D eigenvalue weighted by atomic mass is 79.9. The van der Waals surface area contributed by atoms with Crippen molar-refractivity contribution in [2.75, 3.05) is 7.11 Å². The van der Waals surface area contributed by atoms with Crippen LogP contribution in [0.2, 0.25) is 0 Å². The van der Waals surface area contributed by atoms with E-state index < -0.39 is 16.5 Å². The predicted molar refractivity (Wildman–Crippen MR) is 77.8 cm³/mol. The van der Waals surface area contributed by atoms with Gasteiger partial charge >= 0.3 is 0 Å². The summed E-state index contributed by atoms with van der Waals surface area (Å²) in [5.74, 6) is -0.486. The second kappa shape index (κ2) is 6.01. The normalized spacial score (nSPS) is 12.3. The summed E-state index contributed by atoms with van der Waals surface area (Å²) >= 11 is 6.69. The molecule has 2 rings (SSSR count). The van der Waals surface area contributed by atoms with Gasteiger partial charge in [-0.3, -0.25) is 0 Å². The lowest BCUT2D eigenvalue weighted by atomic mass is 10.0. The van der Waals surface area contributed by atoms with Crippen LogP contribution in [0.3, 0.4) is 0 Å². The van der Waals surface area contributed by atoms with Crippen molar-refractivity contribution in [1.82, 2.24) is 0 Å². The Morgan fingerprint density at radius 2 is 1.74 bits per heavy atom. The Hall–Kier alpha value is -0.940. The topological polar surface area (TPSA) is 9.23 Å². The Morgan fingerprint density at radius 3 is 2.26 bits per heavy atom. The number of hydrogen-bond donors (Lipinski definition) is 0. The van der Waals surface area contributed by atoms with Gasteiger partial charge in [-0.05, 0) is 45.8 Å². The van der Waals surface area contributed by atoms with Crippen molar-refractivity contribution < 1.29 is 13.5 Å². The van der Waals surface area contributed by atoms with Crippen LogP contribution in [0.15, 0.2) is 40.9 Å². The monoisotopic (exact) mass is 390 g/mol. The summed E-state index contributed by atoms with van der Waals surface area (Å²) < 4.78 is 33.3. The zero-order valence-electron chi connectivity index (χ0n) is 9.96. The molecule has 0 radical (unpaired) electrons. The first-order valence-electron chi connectivity index (χ1n) is 5.46. The van der Waals surface area contributed by atoms with Gasteiger partial charge < -0.3 is 4.74 Å². The molecule has 1 unspecified atom stereocenters. The number of benzene rings is 2. The minimum absolute atomic E-state index is 0.000401. The number of methoxy groups -OCH3 is 1. The van der Waals surface area contributed by atoms with Crippen LogP contribution in [0.4, 0.5) is 8.78 Å². The Bertz CT molecular complexity index is 582. The molecule has 2 aromatic rings. The van der Waals surface area contributed by atoms with Crippen molar-refractivity contribution in [3.8, 4) is 5.75 Å². The molecule has 0 saturated carbocycles. The molecule has 1 nitrogen and oxygen atoms in total. The van der Waals surface area contributed by atoms with Gasteiger partial charge in [0.15, 0.2) is 0 Å². The molecule has 100 valence electrons. The smallest absolute Gasteiger partial charge is 0.133 e. The summed E-state index contributed by atoms with van der Waals surface area (Å²) in [4.78, 5) is -0.559. The standard InChI is InChI=1S/C14H10Br2F2O/c1-19-12-6-5-8(7-9(12)15)14(16)13-10(17)3-2-4-11(13)18/h2-7,14H,1H3. The van der Waals surface area contributed by atoms with Crippen LogP contribution in [0, 0.1) is 11.6 Å². The molecular weight excluding hydrogens is 382 g/mol. The van der Waals surface area contributed by atoms with Gasteiger partial charge in [0.2, 0.25) is 0 Å². The Morgan fingerprint density at radius 1 is 1.11 bits per heavy atom. The third-order valence-electron chi connectivity index (χ3n) is 2.72. The molecule has 2 aromatic carbocycles. The zero-order chi connectivity index (χ0) is 14.0. The first-order chi connectivity index (χ1) is 9.04. The third-order valence-corrected chi connectivity index (χ3v) is 4.33. The highest BCUT2D eigenvalue weighted by molar-refractivity contribution is 9.10. The molecule has 0 aromatic heterocycles. The SMILES string of the molecule is COc1ccc(C(Br)c2c(F)cccc2F)cc1Br. The Kier molecular flexibility index (Phi) is 4.58. The van der Waals surface area contributed by atoms with Gasteiger partial charge in [-0.15, -0.1) is 0 Å². The van der Waals surface area contributed by atoms with Gasteiger partial charge in [0.1, 0.15) is 17.4 Å². The van der Waals surface area contributed by atoms with Crippen LogP contribution in [0.5, 0.6) is 5.75 Å². The van der Waals surface area contributed by atoms with E-state index in [2.05, 4.69) is 31.9 Å². The van der Waals surface area contributed by atoms with Crippen molar-refractivity contribution in [3.63, 3.8) is 0 Å². The summed E-state index contributed by atoms with van der Waals surface area (Å²) in [7, 11) is 1.56. The van der Waals surface area contributed by atoms with Gasteiger partial charge in [0.05, 0.1) is 16.4 Å². The van der Waals surface area contributed by atoms with E-state index in [9.17, 15) is 8.78 Å². The molecule has 0 saturated heterocycles. The van der Waals surface area contributed by atoms with Gasteiger partial charge in [-0.25, -0.2) is 8.78 Å². The number of halogens is 4. The van der Waals surface area contributed by atoms with Crippen molar-refractivity contribution in [3.05, 3.63) is 63.6 Å². The maximum Gasteiger partial charge on any atom is 0.133 e. The van der Waals surface area contributed by atoms with Crippen LogP contribution >= 0.6 is 31.9 Å². The summed E-state index contributed by atoms with van der Waals surface area (Å²) in [5, 5.41) is 0. The van der Waals surface area contributed by atoms with Crippen molar-refractivity contribution in [1.29, 1.82) is 0 Å². The molecule has 1 atom stereocenters. The molecule has 0 aliphatic rings. The van der Waals surface area contributed by atoms with E-state index in [0.29, 0.717) is 5.75 Å². The highest BCUT2D eigenvalue weighted by Crippen LogP contribution is 2.37. The fraction of sp³-hybridized carbons (Fsp3) is 0.143. The van der Waals surface area contributed by atoms with E-state index in [0.717, 1.165) is 10.0 Å². The second-order valence-electron chi connectivity index (χ2n) is 3.89. The second-order valence-corrected chi connectivity index (χ2v) is 5.66. The van der Waals surface area contributed by atoms with E-state index in [1.54, 1.807) is 25.3 Å². The minimum Gasteiger partial charge on any atom is -0.496 e. The van der Waals surface area contributed by atoms with Crippen LogP contribution in [-0.2, 0) is 0 Å². The fourth-order valence-electron chi connectivity index (χ4n) is 1.76. The number of hydrogen-bond acceptors (Lipinski definition) is 1. The van der Waals surface area contributed by atoms with Gasteiger partial charge in [-0.2, -0.15) is 0 Å². The minimum atomic E-state index is -0.575. The lowest BCUT2D eigenvalue weighted by Crippen LogP contribution is -2.00. The van der Waals surface area contributed by atoms with Crippen LogP contribution < -0.4 is 4.74 Å². The van der Waals surface area contributed by atoms with Gasteiger partial charge in [0, 0.05) is 5.56 Å². The molecule has 0 fully saturated rings. The summed E-state index contributed by atoms with van der Waals surface area (Å²) in [6.45, 7) is 0. The van der Waals surface area contributed by atoms with Crippen LogP contribution in [-0.4, -0.2) is 7.11 Å². The molecular formula is C14H10Br2F2O. The largest absolute Gasteiger partial charge is 0.496 e. The van der Waals surface area contributed by atoms with Gasteiger partial charge in [-0.1, -0.05) is 28.1 Å². The maximum atomic E-state index is 13.7. The third kappa shape index (κ3) is 2.98. The molecule has 0 N–H and O–H groups in total. The van der Waals surface area contributed by atoms with Crippen molar-refractivity contribution >= 4 is 31.9 Å². The molecule has 0 heterocycles. The van der Waals surface area contributed by atoms with E-state index in [1.807, 2.05) is 0 Å². The molecule has 0 aliphatic carbocycles. The first kappa shape index (κ1) is 14.5. The molecule has 0 amide bonds. The summed E-state index contributed by atoms with van der Waals surface area (Å²) in [6.07, 6.45) is 0. The average Bonchev–Trinajstić information content (AvgIpc) is 2.38. The molecule has 5 heteroatoms. The fourth-order valence-corrected chi connectivity index (χ4v) is 3.04. The number of rotatable bonds is 3. The first-order valence-corrected chi connectivity index (χ1v) is 7.17. The maximum absolute atomic E-state index is 13.7. The molecule has 0 bridgehead atoms. The summed E-state index contributed by atoms with van der Waals surface area (Å²) in [6, 6.07) is 9.10. The number of alkyl halides is 1.